The van der Waals surface area contributed by atoms with Crippen molar-refractivity contribution >= 4 is 5.91 Å². The van der Waals surface area contributed by atoms with E-state index < -0.39 is 0 Å². The molecule has 1 amide bonds. The predicted molar refractivity (Wildman–Crippen MR) is 98.2 cm³/mol. The van der Waals surface area contributed by atoms with Gasteiger partial charge in [0.1, 0.15) is 0 Å². The number of piperidine rings is 1. The first-order valence-electron chi connectivity index (χ1n) is 10.0. The number of likely N-dealkylation sites (tertiary alicyclic amines) is 2. The molecule has 2 heterocycles. The van der Waals surface area contributed by atoms with Gasteiger partial charge in [-0.25, -0.2) is 0 Å². The third-order valence-corrected chi connectivity index (χ3v) is 6.43. The minimum atomic E-state index is -0.381. The first-order chi connectivity index (χ1) is 12.2. The van der Waals surface area contributed by atoms with Crippen LogP contribution in [0.5, 0.6) is 0 Å². The maximum absolute atomic E-state index is 12.8. The summed E-state index contributed by atoms with van der Waals surface area (Å²) in [4.78, 5) is 17.4. The van der Waals surface area contributed by atoms with E-state index in [1.807, 2.05) is 6.07 Å². The Labute approximate surface area is 150 Å². The fraction of sp³-hybridized carbons (Fsp3) is 0.667. The molecule has 0 saturated carbocycles. The summed E-state index contributed by atoms with van der Waals surface area (Å²) in [5.74, 6) is 0.576. The molecule has 1 N–H and O–H groups in total. The third-order valence-electron chi connectivity index (χ3n) is 6.43. The lowest BCUT2D eigenvalue weighted by atomic mass is 9.93. The van der Waals surface area contributed by atoms with Crippen LogP contribution >= 0.6 is 0 Å². The number of fused-ring (bicyclic) bond motifs is 1. The zero-order chi connectivity index (χ0) is 17.2. The Morgan fingerprint density at radius 2 is 1.64 bits per heavy atom. The van der Waals surface area contributed by atoms with Crippen LogP contribution < -0.4 is 0 Å². The smallest absolute Gasteiger partial charge is 0.225 e. The molecular formula is C21H30N2O2. The molecule has 2 unspecified atom stereocenters. The SMILES string of the molecule is O=C(C1CCN(C2Cc3ccccc3C2O)CC1)N1CCCCCC1. The Bertz CT molecular complexity index is 602. The van der Waals surface area contributed by atoms with Gasteiger partial charge in [0.25, 0.3) is 0 Å². The molecule has 0 radical (unpaired) electrons. The summed E-state index contributed by atoms with van der Waals surface area (Å²) in [6, 6.07) is 8.44. The summed E-state index contributed by atoms with van der Waals surface area (Å²) >= 11 is 0. The van der Waals surface area contributed by atoms with Crippen molar-refractivity contribution in [3.63, 3.8) is 0 Å². The van der Waals surface area contributed by atoms with Crippen molar-refractivity contribution in [3.8, 4) is 0 Å². The molecular weight excluding hydrogens is 312 g/mol. The number of aliphatic hydroxyl groups excluding tert-OH is 1. The second kappa shape index (κ2) is 7.46. The molecule has 4 nitrogen and oxygen atoms in total. The Morgan fingerprint density at radius 1 is 0.960 bits per heavy atom. The molecule has 25 heavy (non-hydrogen) atoms. The summed E-state index contributed by atoms with van der Waals surface area (Å²) in [5, 5.41) is 10.7. The van der Waals surface area contributed by atoms with E-state index in [0.29, 0.717) is 5.91 Å². The summed E-state index contributed by atoms with van der Waals surface area (Å²) in [7, 11) is 0. The van der Waals surface area contributed by atoms with Gasteiger partial charge in [-0.3, -0.25) is 9.69 Å². The van der Waals surface area contributed by atoms with Gasteiger partial charge in [-0.05, 0) is 56.3 Å². The molecule has 1 aromatic carbocycles. The van der Waals surface area contributed by atoms with E-state index in [1.54, 1.807) is 0 Å². The van der Waals surface area contributed by atoms with Crippen LogP contribution in [0.2, 0.25) is 0 Å². The molecule has 1 aromatic rings. The van der Waals surface area contributed by atoms with Crippen LogP contribution in [0.25, 0.3) is 0 Å². The lowest BCUT2D eigenvalue weighted by Gasteiger charge is -2.38. The zero-order valence-electron chi connectivity index (χ0n) is 15.1. The topological polar surface area (TPSA) is 43.8 Å². The maximum atomic E-state index is 12.8. The Kier molecular flexibility index (Phi) is 5.09. The van der Waals surface area contributed by atoms with Crippen molar-refractivity contribution in [1.29, 1.82) is 0 Å². The van der Waals surface area contributed by atoms with Crippen molar-refractivity contribution in [1.82, 2.24) is 9.80 Å². The number of hydrogen-bond donors (Lipinski definition) is 1. The van der Waals surface area contributed by atoms with Crippen molar-refractivity contribution in [2.24, 2.45) is 5.92 Å². The number of rotatable bonds is 2. The molecule has 3 aliphatic rings. The Balaban J connectivity index is 1.34. The number of aliphatic hydroxyl groups is 1. The number of amides is 1. The number of carbonyl (C=O) groups excluding carboxylic acids is 1. The zero-order valence-corrected chi connectivity index (χ0v) is 15.1. The first kappa shape index (κ1) is 17.0. The molecule has 2 saturated heterocycles. The van der Waals surface area contributed by atoms with Crippen LogP contribution in [0.4, 0.5) is 0 Å². The minimum Gasteiger partial charge on any atom is -0.387 e. The molecule has 1 aliphatic carbocycles. The van der Waals surface area contributed by atoms with Gasteiger partial charge in [-0.2, -0.15) is 0 Å². The number of nitrogens with zero attached hydrogens (tertiary/aromatic N) is 2. The van der Waals surface area contributed by atoms with Gasteiger partial charge < -0.3 is 10.0 Å². The summed E-state index contributed by atoms with van der Waals surface area (Å²) in [5.41, 5.74) is 2.37. The average Bonchev–Trinajstić information content (AvgIpc) is 2.83. The number of benzene rings is 1. The number of carbonyl (C=O) groups is 1. The van der Waals surface area contributed by atoms with Gasteiger partial charge in [0.2, 0.25) is 5.91 Å². The number of hydrogen-bond acceptors (Lipinski definition) is 3. The molecule has 4 heteroatoms. The van der Waals surface area contributed by atoms with Crippen LogP contribution in [0, 0.1) is 5.92 Å². The van der Waals surface area contributed by atoms with Crippen LogP contribution in [0.1, 0.15) is 55.8 Å². The van der Waals surface area contributed by atoms with E-state index in [4.69, 9.17) is 0 Å². The van der Waals surface area contributed by atoms with Crippen LogP contribution in [0.3, 0.4) is 0 Å². The second-order valence-electron chi connectivity index (χ2n) is 7.96. The molecule has 2 fully saturated rings. The van der Waals surface area contributed by atoms with Crippen molar-refractivity contribution in [3.05, 3.63) is 35.4 Å². The van der Waals surface area contributed by atoms with Gasteiger partial charge in [-0.15, -0.1) is 0 Å². The van der Waals surface area contributed by atoms with Crippen LogP contribution in [0.15, 0.2) is 24.3 Å². The fourth-order valence-corrected chi connectivity index (χ4v) is 4.91. The second-order valence-corrected chi connectivity index (χ2v) is 7.96. The highest BCUT2D eigenvalue weighted by Gasteiger charge is 2.38. The summed E-state index contributed by atoms with van der Waals surface area (Å²) < 4.78 is 0. The summed E-state index contributed by atoms with van der Waals surface area (Å²) in [6.45, 7) is 3.77. The van der Waals surface area contributed by atoms with Gasteiger partial charge in [0, 0.05) is 25.0 Å². The van der Waals surface area contributed by atoms with Gasteiger partial charge in [-0.1, -0.05) is 37.1 Å². The van der Waals surface area contributed by atoms with Gasteiger partial charge >= 0.3 is 0 Å². The van der Waals surface area contributed by atoms with E-state index >= 15 is 0 Å². The normalized spacial score (nSPS) is 28.6. The highest BCUT2D eigenvalue weighted by molar-refractivity contribution is 5.79. The van der Waals surface area contributed by atoms with E-state index in [2.05, 4.69) is 28.0 Å². The third kappa shape index (κ3) is 3.47. The van der Waals surface area contributed by atoms with Crippen molar-refractivity contribution in [2.75, 3.05) is 26.2 Å². The van der Waals surface area contributed by atoms with Crippen LogP contribution in [-0.2, 0) is 11.2 Å². The lowest BCUT2D eigenvalue weighted by molar-refractivity contribution is -0.137. The largest absolute Gasteiger partial charge is 0.387 e. The minimum absolute atomic E-state index is 0.187. The standard InChI is InChI=1S/C21H30N2O2/c24-20-18-8-4-3-7-17(18)15-19(20)22-13-9-16(10-14-22)21(25)23-11-5-1-2-6-12-23/h3-4,7-8,16,19-20,24H,1-2,5-6,9-15H2. The van der Waals surface area contributed by atoms with Gasteiger partial charge in [0.05, 0.1) is 6.10 Å². The first-order valence-corrected chi connectivity index (χ1v) is 10.0. The lowest BCUT2D eigenvalue weighted by Crippen LogP contribution is -2.47. The van der Waals surface area contributed by atoms with E-state index in [0.717, 1.165) is 63.8 Å². The van der Waals surface area contributed by atoms with E-state index in [1.165, 1.54) is 18.4 Å². The molecule has 0 aromatic heterocycles. The molecule has 2 aliphatic heterocycles. The van der Waals surface area contributed by atoms with Crippen LogP contribution in [-0.4, -0.2) is 53.0 Å². The monoisotopic (exact) mass is 342 g/mol. The van der Waals surface area contributed by atoms with E-state index in [-0.39, 0.29) is 18.1 Å². The fourth-order valence-electron chi connectivity index (χ4n) is 4.91. The van der Waals surface area contributed by atoms with E-state index in [9.17, 15) is 9.90 Å². The highest BCUT2D eigenvalue weighted by atomic mass is 16.3. The molecule has 0 bridgehead atoms. The molecule has 0 spiro atoms. The highest BCUT2D eigenvalue weighted by Crippen LogP contribution is 2.36. The molecule has 136 valence electrons. The maximum Gasteiger partial charge on any atom is 0.225 e. The predicted octanol–water partition coefficient (Wildman–Crippen LogP) is 2.76. The van der Waals surface area contributed by atoms with Crippen molar-refractivity contribution in [2.45, 2.75) is 57.1 Å². The summed E-state index contributed by atoms with van der Waals surface area (Å²) in [6.07, 6.45) is 7.29. The molecule has 2 atom stereocenters. The van der Waals surface area contributed by atoms with Crippen molar-refractivity contribution < 1.29 is 9.90 Å². The Morgan fingerprint density at radius 3 is 2.32 bits per heavy atom. The van der Waals surface area contributed by atoms with Gasteiger partial charge in [0.15, 0.2) is 0 Å². The Hall–Kier alpha value is -1.39. The quantitative estimate of drug-likeness (QED) is 0.899. The molecule has 4 rings (SSSR count). The average molecular weight is 342 g/mol.